The van der Waals surface area contributed by atoms with Crippen LogP contribution in [0, 0.1) is 10.5 Å². The summed E-state index contributed by atoms with van der Waals surface area (Å²) in [6, 6.07) is 20.8. The van der Waals surface area contributed by atoms with Crippen LogP contribution >= 0.6 is 34.4 Å². The molecule has 9 heteroatoms. The van der Waals surface area contributed by atoms with Crippen molar-refractivity contribution >= 4 is 63.2 Å². The van der Waals surface area contributed by atoms with E-state index in [9.17, 15) is 14.4 Å². The van der Waals surface area contributed by atoms with E-state index in [1.165, 1.54) is 0 Å². The third-order valence-corrected chi connectivity index (χ3v) is 7.04. The SMILES string of the molecule is CCOc1cc(/C=C2/SC(=O)N(CC(=O)Nc3cccc(C)c3)C2=O)cc(I)c1OCc1ccccc1. The van der Waals surface area contributed by atoms with Crippen molar-refractivity contribution in [2.45, 2.75) is 20.5 Å². The highest BCUT2D eigenvalue weighted by Gasteiger charge is 2.36. The summed E-state index contributed by atoms with van der Waals surface area (Å²) >= 11 is 2.97. The van der Waals surface area contributed by atoms with Crippen molar-refractivity contribution in [3.05, 3.63) is 91.9 Å². The van der Waals surface area contributed by atoms with Crippen LogP contribution in [0.15, 0.2) is 71.6 Å². The Morgan fingerprint density at radius 1 is 1.05 bits per heavy atom. The van der Waals surface area contributed by atoms with Crippen LogP contribution in [0.5, 0.6) is 11.5 Å². The van der Waals surface area contributed by atoms with Crippen molar-refractivity contribution in [1.82, 2.24) is 4.90 Å². The van der Waals surface area contributed by atoms with E-state index in [1.54, 1.807) is 18.2 Å². The number of hydrogen-bond acceptors (Lipinski definition) is 6. The van der Waals surface area contributed by atoms with Crippen LogP contribution in [0.3, 0.4) is 0 Å². The lowest BCUT2D eigenvalue weighted by molar-refractivity contribution is -0.127. The zero-order chi connectivity index (χ0) is 26.4. The largest absolute Gasteiger partial charge is 0.490 e. The molecular formula is C28H25IN2O5S. The highest BCUT2D eigenvalue weighted by Crippen LogP contribution is 2.38. The van der Waals surface area contributed by atoms with Gasteiger partial charge >= 0.3 is 0 Å². The van der Waals surface area contributed by atoms with Gasteiger partial charge in [0.15, 0.2) is 11.5 Å². The van der Waals surface area contributed by atoms with Crippen LogP contribution in [0.4, 0.5) is 10.5 Å². The van der Waals surface area contributed by atoms with Crippen LogP contribution in [-0.2, 0) is 16.2 Å². The molecule has 1 saturated heterocycles. The number of benzene rings is 3. The molecule has 0 radical (unpaired) electrons. The molecule has 1 aliphatic rings. The molecule has 190 valence electrons. The number of nitrogens with one attached hydrogen (secondary N) is 1. The molecule has 0 spiro atoms. The molecule has 0 unspecified atom stereocenters. The lowest BCUT2D eigenvalue weighted by Gasteiger charge is -2.15. The Balaban J connectivity index is 1.49. The van der Waals surface area contributed by atoms with Gasteiger partial charge in [-0.3, -0.25) is 19.3 Å². The molecule has 3 amide bonds. The number of hydrogen-bond donors (Lipinski definition) is 1. The van der Waals surface area contributed by atoms with Crippen LogP contribution in [-0.4, -0.2) is 35.1 Å². The highest BCUT2D eigenvalue weighted by atomic mass is 127. The van der Waals surface area contributed by atoms with E-state index in [4.69, 9.17) is 9.47 Å². The summed E-state index contributed by atoms with van der Waals surface area (Å²) in [7, 11) is 0. The van der Waals surface area contributed by atoms with Gasteiger partial charge in [0.1, 0.15) is 13.2 Å². The number of anilines is 1. The van der Waals surface area contributed by atoms with E-state index in [-0.39, 0.29) is 11.4 Å². The van der Waals surface area contributed by atoms with Gasteiger partial charge < -0.3 is 14.8 Å². The molecular weight excluding hydrogens is 603 g/mol. The molecule has 1 aliphatic heterocycles. The summed E-state index contributed by atoms with van der Waals surface area (Å²) in [5.41, 5.74) is 3.32. The molecule has 3 aromatic rings. The van der Waals surface area contributed by atoms with E-state index < -0.39 is 17.1 Å². The van der Waals surface area contributed by atoms with Gasteiger partial charge in [-0.25, -0.2) is 0 Å². The lowest BCUT2D eigenvalue weighted by Crippen LogP contribution is -2.36. The topological polar surface area (TPSA) is 84.9 Å². The van der Waals surface area contributed by atoms with E-state index in [1.807, 2.05) is 68.4 Å². The fourth-order valence-corrected chi connectivity index (χ4v) is 5.28. The summed E-state index contributed by atoms with van der Waals surface area (Å²) in [6.45, 7) is 4.27. The second-order valence-electron chi connectivity index (χ2n) is 8.22. The number of amides is 3. The monoisotopic (exact) mass is 628 g/mol. The van der Waals surface area contributed by atoms with Crippen molar-refractivity contribution in [1.29, 1.82) is 0 Å². The minimum absolute atomic E-state index is 0.240. The molecule has 1 fully saturated rings. The maximum Gasteiger partial charge on any atom is 0.294 e. The van der Waals surface area contributed by atoms with Gasteiger partial charge in [-0.1, -0.05) is 42.5 Å². The molecule has 0 saturated carbocycles. The number of carbonyl (C=O) groups excluding carboxylic acids is 3. The number of halogens is 1. The van der Waals surface area contributed by atoms with E-state index >= 15 is 0 Å². The Morgan fingerprint density at radius 2 is 1.84 bits per heavy atom. The molecule has 0 atom stereocenters. The van der Waals surface area contributed by atoms with Gasteiger partial charge in [-0.15, -0.1) is 0 Å². The maximum atomic E-state index is 13.0. The van der Waals surface area contributed by atoms with E-state index in [0.29, 0.717) is 36.0 Å². The molecule has 0 bridgehead atoms. The van der Waals surface area contributed by atoms with Gasteiger partial charge in [0, 0.05) is 5.69 Å². The summed E-state index contributed by atoms with van der Waals surface area (Å²) < 4.78 is 12.7. The highest BCUT2D eigenvalue weighted by molar-refractivity contribution is 14.1. The van der Waals surface area contributed by atoms with Crippen LogP contribution in [0.2, 0.25) is 0 Å². The van der Waals surface area contributed by atoms with Crippen molar-refractivity contribution < 1.29 is 23.9 Å². The fourth-order valence-electron chi connectivity index (χ4n) is 3.66. The van der Waals surface area contributed by atoms with Gasteiger partial charge in [-0.05, 0) is 95.2 Å². The molecule has 0 aliphatic carbocycles. The van der Waals surface area contributed by atoms with Crippen molar-refractivity contribution in [2.75, 3.05) is 18.5 Å². The molecule has 1 heterocycles. The summed E-state index contributed by atoms with van der Waals surface area (Å²) in [5, 5.41) is 2.24. The smallest absolute Gasteiger partial charge is 0.294 e. The Kier molecular flexibility index (Phi) is 8.88. The Hall–Kier alpha value is -3.31. The Labute approximate surface area is 233 Å². The summed E-state index contributed by atoms with van der Waals surface area (Å²) in [6.07, 6.45) is 1.63. The van der Waals surface area contributed by atoms with Crippen molar-refractivity contribution in [3.8, 4) is 11.5 Å². The van der Waals surface area contributed by atoms with Gasteiger partial charge in [0.25, 0.3) is 11.1 Å². The first kappa shape index (κ1) is 26.7. The predicted octanol–water partition coefficient (Wildman–Crippen LogP) is 6.25. The second kappa shape index (κ2) is 12.3. The first-order chi connectivity index (χ1) is 17.8. The standard InChI is InChI=1S/C28H25IN2O5S/c1-3-35-23-14-20(13-22(29)26(23)36-17-19-9-5-4-6-10-19)15-24-27(33)31(28(34)37-24)16-25(32)30-21-11-7-8-18(2)12-21/h4-15H,3,16-17H2,1-2H3,(H,30,32)/b24-15+. The van der Waals surface area contributed by atoms with Crippen LogP contribution in [0.1, 0.15) is 23.6 Å². The maximum absolute atomic E-state index is 13.0. The Bertz CT molecular complexity index is 1360. The second-order valence-corrected chi connectivity index (χ2v) is 10.4. The molecule has 1 N–H and O–H groups in total. The number of aryl methyl sites for hydroxylation is 1. The quantitative estimate of drug-likeness (QED) is 0.223. The fraction of sp³-hybridized carbons (Fsp3) is 0.179. The zero-order valence-corrected chi connectivity index (χ0v) is 23.3. The normalized spacial score (nSPS) is 14.2. The van der Waals surface area contributed by atoms with Crippen LogP contribution in [0.25, 0.3) is 6.08 Å². The summed E-state index contributed by atoms with van der Waals surface area (Å²) in [5.74, 6) is 0.215. The lowest BCUT2D eigenvalue weighted by atomic mass is 10.1. The van der Waals surface area contributed by atoms with Crippen molar-refractivity contribution in [2.24, 2.45) is 0 Å². The minimum Gasteiger partial charge on any atom is -0.490 e. The van der Waals surface area contributed by atoms with Gasteiger partial charge in [-0.2, -0.15) is 0 Å². The van der Waals surface area contributed by atoms with Crippen LogP contribution < -0.4 is 14.8 Å². The summed E-state index contributed by atoms with van der Waals surface area (Å²) in [4.78, 5) is 39.2. The Morgan fingerprint density at radius 3 is 2.57 bits per heavy atom. The van der Waals surface area contributed by atoms with Gasteiger partial charge in [0.05, 0.1) is 15.1 Å². The number of rotatable bonds is 9. The average Bonchev–Trinajstić information content (AvgIpc) is 3.11. The van der Waals surface area contributed by atoms with E-state index in [2.05, 4.69) is 27.9 Å². The molecule has 37 heavy (non-hydrogen) atoms. The first-order valence-corrected chi connectivity index (χ1v) is 13.5. The number of thioether (sulfide) groups is 1. The molecule has 7 nitrogen and oxygen atoms in total. The third-order valence-electron chi connectivity index (χ3n) is 5.33. The molecule has 4 rings (SSSR count). The number of nitrogens with zero attached hydrogens (tertiary/aromatic N) is 1. The van der Waals surface area contributed by atoms with E-state index in [0.717, 1.165) is 31.4 Å². The minimum atomic E-state index is -0.508. The first-order valence-electron chi connectivity index (χ1n) is 11.6. The predicted molar refractivity (Wildman–Crippen MR) is 154 cm³/mol. The van der Waals surface area contributed by atoms with Crippen molar-refractivity contribution in [3.63, 3.8) is 0 Å². The number of ether oxygens (including phenoxy) is 2. The number of imide groups is 1. The zero-order valence-electron chi connectivity index (χ0n) is 20.3. The molecule has 0 aromatic heterocycles. The third kappa shape index (κ3) is 6.92. The average molecular weight is 628 g/mol. The molecule has 3 aromatic carbocycles. The van der Waals surface area contributed by atoms with Gasteiger partial charge in [0.2, 0.25) is 5.91 Å². The number of carbonyl (C=O) groups is 3.